The number of amides is 3. The Morgan fingerprint density at radius 2 is 1.92 bits per heavy atom. The van der Waals surface area contributed by atoms with Gasteiger partial charge >= 0.3 is 6.03 Å². The predicted molar refractivity (Wildman–Crippen MR) is 91.7 cm³/mol. The summed E-state index contributed by atoms with van der Waals surface area (Å²) in [5.74, 6) is -0.0605. The summed E-state index contributed by atoms with van der Waals surface area (Å²) in [6, 6.07) is -0.337. The molecule has 2 heterocycles. The van der Waals surface area contributed by atoms with Gasteiger partial charge in [0.25, 0.3) is 5.91 Å². The minimum absolute atomic E-state index is 0.0605. The fourth-order valence-electron chi connectivity index (χ4n) is 4.22. The van der Waals surface area contributed by atoms with E-state index in [-0.39, 0.29) is 18.0 Å². The van der Waals surface area contributed by atoms with Crippen LogP contribution < -0.4 is 5.32 Å². The third kappa shape index (κ3) is 3.59. The van der Waals surface area contributed by atoms with Crippen LogP contribution in [-0.4, -0.2) is 65.7 Å². The maximum atomic E-state index is 12.7. The van der Waals surface area contributed by atoms with E-state index in [0.717, 1.165) is 19.7 Å². The molecule has 2 aliphatic heterocycles. The summed E-state index contributed by atoms with van der Waals surface area (Å²) in [7, 11) is 0. The molecular weight excluding hydrogens is 306 g/mol. The Balaban J connectivity index is 1.47. The highest BCUT2D eigenvalue weighted by atomic mass is 16.5. The molecule has 1 atom stereocenters. The van der Waals surface area contributed by atoms with Gasteiger partial charge in [0.2, 0.25) is 0 Å². The quantitative estimate of drug-likeness (QED) is 0.617. The van der Waals surface area contributed by atoms with Gasteiger partial charge < -0.3 is 10.1 Å². The number of imide groups is 1. The van der Waals surface area contributed by atoms with Crippen molar-refractivity contribution in [2.45, 2.75) is 76.5 Å². The van der Waals surface area contributed by atoms with Crippen LogP contribution in [0.3, 0.4) is 0 Å². The molecule has 0 bridgehead atoms. The smallest absolute Gasteiger partial charge is 0.325 e. The van der Waals surface area contributed by atoms with E-state index in [1.54, 1.807) is 0 Å². The third-order valence-corrected chi connectivity index (χ3v) is 5.62. The van der Waals surface area contributed by atoms with Crippen LogP contribution in [0.4, 0.5) is 4.79 Å². The van der Waals surface area contributed by atoms with E-state index in [1.807, 2.05) is 13.8 Å². The lowest BCUT2D eigenvalue weighted by Crippen LogP contribution is -2.49. The molecule has 1 spiro atoms. The van der Waals surface area contributed by atoms with Crippen LogP contribution in [0.1, 0.15) is 58.8 Å². The van der Waals surface area contributed by atoms with Crippen molar-refractivity contribution in [2.75, 3.05) is 26.2 Å². The summed E-state index contributed by atoms with van der Waals surface area (Å²) in [6.07, 6.45) is 8.71. The molecule has 3 aliphatic rings. The van der Waals surface area contributed by atoms with Gasteiger partial charge in [-0.3, -0.25) is 14.6 Å². The number of likely N-dealkylation sites (tertiary alicyclic amines) is 1. The first kappa shape index (κ1) is 17.7. The molecule has 1 N–H and O–H groups in total. The number of rotatable bonds is 5. The van der Waals surface area contributed by atoms with Crippen molar-refractivity contribution in [3.63, 3.8) is 0 Å². The summed E-state index contributed by atoms with van der Waals surface area (Å²) in [5.41, 5.74) is -0.705. The highest BCUT2D eigenvalue weighted by molar-refractivity contribution is 6.07. The molecule has 0 aromatic rings. The monoisotopic (exact) mass is 337 g/mol. The zero-order valence-corrected chi connectivity index (χ0v) is 15.1. The second-order valence-electron chi connectivity index (χ2n) is 7.79. The molecule has 0 unspecified atom stereocenters. The normalized spacial score (nSPS) is 29.7. The predicted octanol–water partition coefficient (Wildman–Crippen LogP) is 2.13. The topological polar surface area (TPSA) is 61.9 Å². The average molecular weight is 337 g/mol. The van der Waals surface area contributed by atoms with Crippen LogP contribution in [0.5, 0.6) is 0 Å². The van der Waals surface area contributed by atoms with Crippen LogP contribution in [0.2, 0.25) is 0 Å². The lowest BCUT2D eigenvalue weighted by atomic mass is 9.99. The molecule has 6 nitrogen and oxygen atoms in total. The molecule has 3 rings (SSSR count). The molecule has 0 aromatic carbocycles. The van der Waals surface area contributed by atoms with Crippen molar-refractivity contribution in [3.05, 3.63) is 0 Å². The maximum Gasteiger partial charge on any atom is 0.325 e. The van der Waals surface area contributed by atoms with Gasteiger partial charge in [-0.2, -0.15) is 0 Å². The minimum atomic E-state index is -0.705. The van der Waals surface area contributed by atoms with Crippen molar-refractivity contribution in [1.29, 1.82) is 0 Å². The van der Waals surface area contributed by atoms with Gasteiger partial charge in [0.1, 0.15) is 5.54 Å². The Bertz CT molecular complexity index is 474. The van der Waals surface area contributed by atoms with E-state index in [9.17, 15) is 9.59 Å². The number of nitrogens with zero attached hydrogens (tertiary/aromatic N) is 2. The van der Waals surface area contributed by atoms with Crippen molar-refractivity contribution in [3.8, 4) is 0 Å². The van der Waals surface area contributed by atoms with Gasteiger partial charge in [0.05, 0.1) is 12.7 Å². The number of hydrogen-bond donors (Lipinski definition) is 1. The number of ether oxygens (including phenoxy) is 1. The van der Waals surface area contributed by atoms with Crippen molar-refractivity contribution in [2.24, 2.45) is 0 Å². The molecule has 1 saturated carbocycles. The van der Waals surface area contributed by atoms with Gasteiger partial charge in [-0.15, -0.1) is 0 Å². The minimum Gasteiger partial charge on any atom is -0.377 e. The van der Waals surface area contributed by atoms with Gasteiger partial charge in [0.15, 0.2) is 0 Å². The van der Waals surface area contributed by atoms with E-state index >= 15 is 0 Å². The maximum absolute atomic E-state index is 12.7. The van der Waals surface area contributed by atoms with Gasteiger partial charge in [-0.25, -0.2) is 4.79 Å². The second-order valence-corrected chi connectivity index (χ2v) is 7.79. The average Bonchev–Trinajstić information content (AvgIpc) is 2.90. The van der Waals surface area contributed by atoms with Crippen LogP contribution >= 0.6 is 0 Å². The molecule has 6 heteroatoms. The first-order valence-electron chi connectivity index (χ1n) is 9.52. The Hall–Kier alpha value is -1.14. The summed E-state index contributed by atoms with van der Waals surface area (Å²) >= 11 is 0. The highest BCUT2D eigenvalue weighted by Gasteiger charge is 2.55. The number of urea groups is 1. The lowest BCUT2D eigenvalue weighted by Gasteiger charge is -2.23. The Kier molecular flexibility index (Phi) is 5.45. The largest absolute Gasteiger partial charge is 0.377 e. The third-order valence-electron chi connectivity index (χ3n) is 5.62. The van der Waals surface area contributed by atoms with E-state index in [2.05, 4.69) is 10.2 Å². The number of carbonyl (C=O) groups is 2. The first-order valence-corrected chi connectivity index (χ1v) is 9.52. The second kappa shape index (κ2) is 7.40. The van der Waals surface area contributed by atoms with Crippen LogP contribution in [-0.2, 0) is 9.53 Å². The Morgan fingerprint density at radius 3 is 2.54 bits per heavy atom. The van der Waals surface area contributed by atoms with Crippen LogP contribution in [0.25, 0.3) is 0 Å². The molecular formula is C18H31N3O3. The summed E-state index contributed by atoms with van der Waals surface area (Å²) in [4.78, 5) is 28.4. The first-order chi connectivity index (χ1) is 11.5. The molecule has 3 fully saturated rings. The number of hydrogen-bond acceptors (Lipinski definition) is 4. The molecule has 0 radical (unpaired) electrons. The SMILES string of the molecule is CC(C)N1C(=O)N[C@]2(CCN(CCOC3CCCCCC3)C2)C1=O. The molecule has 0 aromatic heterocycles. The zero-order chi connectivity index (χ0) is 17.2. The van der Waals surface area contributed by atoms with Crippen molar-refractivity contribution in [1.82, 2.24) is 15.1 Å². The zero-order valence-electron chi connectivity index (χ0n) is 15.1. The number of nitrogens with one attached hydrogen (secondary N) is 1. The van der Waals surface area contributed by atoms with Crippen LogP contribution in [0.15, 0.2) is 0 Å². The standard InChI is InChI=1S/C18H31N3O3/c1-14(2)21-16(22)18(19-17(21)23)9-10-20(13-18)11-12-24-15-7-5-3-4-6-8-15/h14-15H,3-13H2,1-2H3,(H,19,23)/t18-/m0/s1. The molecule has 1 aliphatic carbocycles. The highest BCUT2D eigenvalue weighted by Crippen LogP contribution is 2.29. The van der Waals surface area contributed by atoms with Gasteiger partial charge in [0, 0.05) is 25.7 Å². The lowest BCUT2D eigenvalue weighted by molar-refractivity contribution is -0.132. The Labute approximate surface area is 144 Å². The van der Waals surface area contributed by atoms with Gasteiger partial charge in [-0.05, 0) is 33.1 Å². The van der Waals surface area contributed by atoms with E-state index in [4.69, 9.17) is 4.74 Å². The van der Waals surface area contributed by atoms with E-state index in [1.165, 1.54) is 43.4 Å². The van der Waals surface area contributed by atoms with Crippen molar-refractivity contribution < 1.29 is 14.3 Å². The van der Waals surface area contributed by atoms with Crippen LogP contribution in [0, 0.1) is 0 Å². The fourth-order valence-corrected chi connectivity index (χ4v) is 4.22. The Morgan fingerprint density at radius 1 is 1.21 bits per heavy atom. The number of carbonyl (C=O) groups excluding carboxylic acids is 2. The molecule has 3 amide bonds. The summed E-state index contributed by atoms with van der Waals surface area (Å²) in [5, 5.41) is 2.94. The summed E-state index contributed by atoms with van der Waals surface area (Å²) in [6.45, 7) is 6.76. The summed E-state index contributed by atoms with van der Waals surface area (Å²) < 4.78 is 6.06. The van der Waals surface area contributed by atoms with Gasteiger partial charge in [-0.1, -0.05) is 25.7 Å². The van der Waals surface area contributed by atoms with E-state index < -0.39 is 5.54 Å². The van der Waals surface area contributed by atoms with Crippen molar-refractivity contribution >= 4 is 11.9 Å². The fraction of sp³-hybridized carbons (Fsp3) is 0.889. The van der Waals surface area contributed by atoms with E-state index in [0.29, 0.717) is 19.1 Å². The molecule has 136 valence electrons. The molecule has 2 saturated heterocycles. The molecule has 24 heavy (non-hydrogen) atoms.